The third-order valence-corrected chi connectivity index (χ3v) is 8.46. The molecule has 4 aliphatic rings. The molecule has 3 aromatic carbocycles. The van der Waals surface area contributed by atoms with Crippen LogP contribution in [0.1, 0.15) is 55.2 Å². The third kappa shape index (κ3) is 2.40. The van der Waals surface area contributed by atoms with Crippen molar-refractivity contribution >= 4 is 0 Å². The molecular weight excluding hydrogens is 362 g/mol. The molecule has 30 heavy (non-hydrogen) atoms. The van der Waals surface area contributed by atoms with Gasteiger partial charge in [0, 0.05) is 0 Å². The molecule has 0 unspecified atom stereocenters. The second kappa shape index (κ2) is 6.08. The van der Waals surface area contributed by atoms with Gasteiger partial charge in [-0.1, -0.05) is 91.0 Å². The summed E-state index contributed by atoms with van der Waals surface area (Å²) >= 11 is 0. The molecule has 1 nitrogen and oxygen atoms in total. The van der Waals surface area contributed by atoms with Gasteiger partial charge in [-0.25, -0.2) is 0 Å². The molecule has 4 fully saturated rings. The number of hydrogen-bond donors (Lipinski definition) is 0. The smallest absolute Gasteiger partial charge is 0.0690 e. The molecule has 0 radical (unpaired) electrons. The van der Waals surface area contributed by atoms with Crippen molar-refractivity contribution in [2.24, 2.45) is 5.41 Å². The molecule has 0 spiro atoms. The fourth-order valence-electron chi connectivity index (χ4n) is 8.05. The van der Waals surface area contributed by atoms with E-state index in [1.807, 2.05) is 0 Å². The largest absolute Gasteiger partial charge is 0.198 e. The highest BCUT2D eigenvalue weighted by atomic mass is 14.7. The van der Waals surface area contributed by atoms with E-state index in [1.165, 1.54) is 16.7 Å². The number of nitrogens with zero attached hydrogens (tertiary/aromatic N) is 1. The zero-order valence-corrected chi connectivity index (χ0v) is 17.4. The van der Waals surface area contributed by atoms with Crippen LogP contribution in [0.3, 0.4) is 0 Å². The number of benzene rings is 3. The topological polar surface area (TPSA) is 23.8 Å². The number of nitriles is 1. The molecule has 0 heterocycles. The zero-order valence-electron chi connectivity index (χ0n) is 17.4. The van der Waals surface area contributed by atoms with Gasteiger partial charge < -0.3 is 0 Å². The predicted molar refractivity (Wildman–Crippen MR) is 120 cm³/mol. The summed E-state index contributed by atoms with van der Waals surface area (Å²) in [6, 6.07) is 36.2. The van der Waals surface area contributed by atoms with Crippen molar-refractivity contribution < 1.29 is 0 Å². The van der Waals surface area contributed by atoms with E-state index in [1.54, 1.807) is 0 Å². The van der Waals surface area contributed by atoms with E-state index in [4.69, 9.17) is 0 Å². The van der Waals surface area contributed by atoms with Crippen molar-refractivity contribution in [3.05, 3.63) is 108 Å². The molecule has 4 aliphatic carbocycles. The first kappa shape index (κ1) is 18.0. The van der Waals surface area contributed by atoms with Crippen molar-refractivity contribution in [3.8, 4) is 6.07 Å². The van der Waals surface area contributed by atoms with Crippen molar-refractivity contribution in [1.82, 2.24) is 0 Å². The average molecular weight is 390 g/mol. The molecule has 4 saturated carbocycles. The lowest BCUT2D eigenvalue weighted by molar-refractivity contribution is -0.0811. The SMILES string of the molecule is N#CC12CC3(c4ccccc4)CC(c4ccccc4)(C1)CC(c1ccccc1)(C2)C3. The summed E-state index contributed by atoms with van der Waals surface area (Å²) in [6.07, 6.45) is 6.49. The monoisotopic (exact) mass is 389 g/mol. The number of hydrogen-bond acceptors (Lipinski definition) is 1. The Morgan fingerprint density at radius 3 is 1.03 bits per heavy atom. The second-order valence-corrected chi connectivity index (χ2v) is 10.4. The minimum absolute atomic E-state index is 0.0669. The normalized spacial score (nSPS) is 36.4. The van der Waals surface area contributed by atoms with Gasteiger partial charge in [-0.2, -0.15) is 5.26 Å². The molecule has 7 rings (SSSR count). The van der Waals surface area contributed by atoms with E-state index in [0.717, 1.165) is 38.5 Å². The fraction of sp³-hybridized carbons (Fsp3) is 0.345. The standard InChI is InChI=1S/C29H27N/c30-22-26-16-27(23-10-4-1-5-11-23)19-28(17-26,24-12-6-2-7-13-24)21-29(18-26,20-27)25-14-8-3-9-15-25/h1-15H,16-21H2. The first-order chi connectivity index (χ1) is 14.6. The molecule has 0 amide bonds. The van der Waals surface area contributed by atoms with Gasteiger partial charge >= 0.3 is 0 Å². The highest BCUT2D eigenvalue weighted by Crippen LogP contribution is 2.74. The molecule has 0 N–H and O–H groups in total. The van der Waals surface area contributed by atoms with Gasteiger partial charge in [0.25, 0.3) is 0 Å². The van der Waals surface area contributed by atoms with Crippen LogP contribution in [0.5, 0.6) is 0 Å². The van der Waals surface area contributed by atoms with Crippen LogP contribution in [-0.2, 0) is 16.2 Å². The van der Waals surface area contributed by atoms with Crippen LogP contribution < -0.4 is 0 Å². The minimum atomic E-state index is -0.254. The summed E-state index contributed by atoms with van der Waals surface area (Å²) in [7, 11) is 0. The maximum Gasteiger partial charge on any atom is 0.0690 e. The third-order valence-electron chi connectivity index (χ3n) is 8.46. The fourth-order valence-corrected chi connectivity index (χ4v) is 8.05. The van der Waals surface area contributed by atoms with E-state index < -0.39 is 0 Å². The Kier molecular flexibility index (Phi) is 3.64. The first-order valence-electron chi connectivity index (χ1n) is 11.2. The zero-order chi connectivity index (χ0) is 20.3. The van der Waals surface area contributed by atoms with Crippen LogP contribution in [-0.4, -0.2) is 0 Å². The van der Waals surface area contributed by atoms with Crippen LogP contribution in [0.2, 0.25) is 0 Å². The lowest BCUT2D eigenvalue weighted by Gasteiger charge is -2.69. The van der Waals surface area contributed by atoms with Crippen LogP contribution in [0, 0.1) is 16.7 Å². The van der Waals surface area contributed by atoms with Crippen molar-refractivity contribution in [3.63, 3.8) is 0 Å². The van der Waals surface area contributed by atoms with E-state index in [2.05, 4.69) is 97.1 Å². The average Bonchev–Trinajstić information content (AvgIpc) is 2.80. The lowest BCUT2D eigenvalue weighted by atomic mass is 9.33. The van der Waals surface area contributed by atoms with Gasteiger partial charge in [-0.3, -0.25) is 0 Å². The molecule has 0 aromatic heterocycles. The molecule has 1 heteroatoms. The summed E-state index contributed by atoms with van der Waals surface area (Å²) in [6.45, 7) is 0. The lowest BCUT2D eigenvalue weighted by Crippen LogP contribution is -2.65. The van der Waals surface area contributed by atoms with Crippen LogP contribution in [0.4, 0.5) is 0 Å². The van der Waals surface area contributed by atoms with Crippen molar-refractivity contribution in [2.45, 2.75) is 54.8 Å². The highest BCUT2D eigenvalue weighted by Gasteiger charge is 2.69. The van der Waals surface area contributed by atoms with Gasteiger partial charge in [0.05, 0.1) is 11.5 Å². The van der Waals surface area contributed by atoms with E-state index >= 15 is 0 Å². The Morgan fingerprint density at radius 1 is 0.467 bits per heavy atom. The van der Waals surface area contributed by atoms with Crippen LogP contribution >= 0.6 is 0 Å². The quantitative estimate of drug-likeness (QED) is 0.489. The summed E-state index contributed by atoms with van der Waals surface area (Å²) in [5, 5.41) is 10.6. The van der Waals surface area contributed by atoms with E-state index in [-0.39, 0.29) is 21.7 Å². The maximum atomic E-state index is 10.6. The Bertz CT molecular complexity index is 967. The van der Waals surface area contributed by atoms with Gasteiger partial charge in [-0.05, 0) is 71.5 Å². The molecular formula is C29H27N. The first-order valence-corrected chi connectivity index (χ1v) is 11.2. The molecule has 0 aliphatic heterocycles. The Balaban J connectivity index is 1.62. The van der Waals surface area contributed by atoms with Crippen LogP contribution in [0.25, 0.3) is 0 Å². The summed E-state index contributed by atoms with van der Waals surface area (Å²) in [5.74, 6) is 0. The highest BCUT2D eigenvalue weighted by molar-refractivity contribution is 5.46. The summed E-state index contributed by atoms with van der Waals surface area (Å²) < 4.78 is 0. The van der Waals surface area contributed by atoms with Gasteiger partial charge in [0.1, 0.15) is 0 Å². The molecule has 148 valence electrons. The van der Waals surface area contributed by atoms with Crippen molar-refractivity contribution in [2.75, 3.05) is 0 Å². The second-order valence-electron chi connectivity index (χ2n) is 10.4. The Hall–Kier alpha value is -2.85. The maximum absolute atomic E-state index is 10.6. The van der Waals surface area contributed by atoms with E-state index in [0.29, 0.717) is 0 Å². The summed E-state index contributed by atoms with van der Waals surface area (Å²) in [4.78, 5) is 0. The van der Waals surface area contributed by atoms with Gasteiger partial charge in [-0.15, -0.1) is 0 Å². The molecule has 0 saturated heterocycles. The van der Waals surface area contributed by atoms with Gasteiger partial charge in [0.15, 0.2) is 0 Å². The molecule has 0 atom stereocenters. The summed E-state index contributed by atoms with van der Waals surface area (Å²) in [5.41, 5.74) is 4.25. The number of rotatable bonds is 3. The minimum Gasteiger partial charge on any atom is -0.198 e. The predicted octanol–water partition coefficient (Wildman–Crippen LogP) is 6.69. The Labute approximate surface area is 179 Å². The molecule has 3 aromatic rings. The molecule has 4 bridgehead atoms. The van der Waals surface area contributed by atoms with E-state index in [9.17, 15) is 5.26 Å². The Morgan fingerprint density at radius 2 is 0.767 bits per heavy atom. The van der Waals surface area contributed by atoms with Crippen molar-refractivity contribution in [1.29, 1.82) is 5.26 Å². The van der Waals surface area contributed by atoms with Gasteiger partial charge in [0.2, 0.25) is 0 Å². The van der Waals surface area contributed by atoms with Crippen LogP contribution in [0.15, 0.2) is 91.0 Å².